The predicted octanol–water partition coefficient (Wildman–Crippen LogP) is 6.88. The zero-order valence-corrected chi connectivity index (χ0v) is 14.6. The zero-order chi connectivity index (χ0) is 15.1. The third-order valence-corrected chi connectivity index (χ3v) is 4.24. The van der Waals surface area contributed by atoms with Gasteiger partial charge in [0.1, 0.15) is 6.42 Å². The molecule has 0 aliphatic heterocycles. The van der Waals surface area contributed by atoms with Crippen LogP contribution in [0.4, 0.5) is 0 Å². The largest absolute Gasteiger partial charge is 0.109 e. The first-order valence-electron chi connectivity index (χ1n) is 7.96. The Hall–Kier alpha value is -0.650. The van der Waals surface area contributed by atoms with E-state index in [1.807, 2.05) is 0 Å². The van der Waals surface area contributed by atoms with Gasteiger partial charge in [0, 0.05) is 0 Å². The highest BCUT2D eigenvalue weighted by atomic mass is 14.3. The lowest BCUT2D eigenvalue weighted by molar-refractivity contribution is 0.380. The minimum Gasteiger partial charge on any atom is -0.0730 e. The first-order valence-corrected chi connectivity index (χ1v) is 7.96. The van der Waals surface area contributed by atoms with Crippen LogP contribution in [-0.4, -0.2) is 0 Å². The van der Waals surface area contributed by atoms with Gasteiger partial charge in [-0.1, -0.05) is 46.1 Å². The van der Waals surface area contributed by atoms with Gasteiger partial charge in [0.05, 0.1) is 13.3 Å². The Kier molecular flexibility index (Phi) is 8.22. The topological polar surface area (TPSA) is 0 Å². The van der Waals surface area contributed by atoms with E-state index in [1.54, 1.807) is 16.7 Å². The van der Waals surface area contributed by atoms with E-state index in [1.165, 1.54) is 24.8 Å². The fourth-order valence-corrected chi connectivity index (χ4v) is 3.09. The average Bonchev–Trinajstić information content (AvgIpc) is 2.33. The predicted molar refractivity (Wildman–Crippen MR) is 89.3 cm³/mol. The molecule has 0 radical (unpaired) electrons. The summed E-state index contributed by atoms with van der Waals surface area (Å²) in [5.41, 5.74) is 6.53. The van der Waals surface area contributed by atoms with Crippen LogP contribution in [0.3, 0.4) is 0 Å². The molecule has 0 bridgehead atoms. The fraction of sp³-hybridized carbons (Fsp3) is 0.737. The van der Waals surface area contributed by atoms with Gasteiger partial charge in [0.15, 0.2) is 0 Å². The van der Waals surface area contributed by atoms with Gasteiger partial charge in [-0.25, -0.2) is 0 Å². The van der Waals surface area contributed by atoms with Crippen molar-refractivity contribution in [2.75, 3.05) is 0 Å². The summed E-state index contributed by atoms with van der Waals surface area (Å²) in [5.74, 6) is 0. The molecule has 0 saturated carbocycles. The van der Waals surface area contributed by atoms with Crippen molar-refractivity contribution in [3.8, 4) is 0 Å². The van der Waals surface area contributed by atoms with E-state index in [9.17, 15) is 0 Å². The van der Waals surface area contributed by atoms with E-state index in [-0.39, 0.29) is 0 Å². The quantitative estimate of drug-likeness (QED) is 0.331. The van der Waals surface area contributed by atoms with Gasteiger partial charge in [0.2, 0.25) is 0 Å². The molecule has 0 aliphatic rings. The Labute approximate surface area is 122 Å². The summed E-state index contributed by atoms with van der Waals surface area (Å²) < 4.78 is 0. The SMILES string of the molecule is C[CH+]C/C(=C(\C)C(CC)=C(C)C)C(C)(C)CCCC. The Morgan fingerprint density at radius 2 is 1.63 bits per heavy atom. The van der Waals surface area contributed by atoms with Crippen LogP contribution in [-0.2, 0) is 0 Å². The molecule has 19 heavy (non-hydrogen) atoms. The second kappa shape index (κ2) is 8.51. The number of hydrogen-bond acceptors (Lipinski definition) is 0. The van der Waals surface area contributed by atoms with Crippen LogP contribution in [0.15, 0.2) is 22.3 Å². The third kappa shape index (κ3) is 5.47. The minimum absolute atomic E-state index is 0.322. The lowest BCUT2D eigenvalue weighted by Gasteiger charge is -2.29. The molecule has 110 valence electrons. The van der Waals surface area contributed by atoms with E-state index in [2.05, 4.69) is 61.8 Å². The van der Waals surface area contributed by atoms with Crippen LogP contribution in [0.25, 0.3) is 0 Å². The Bertz CT molecular complexity index is 322. The van der Waals surface area contributed by atoms with Crippen molar-refractivity contribution in [2.45, 2.75) is 87.5 Å². The molecule has 0 fully saturated rings. The molecule has 0 heteroatoms. The zero-order valence-electron chi connectivity index (χ0n) is 14.6. The maximum absolute atomic E-state index is 2.42. The monoisotopic (exact) mass is 263 g/mol. The molecule has 0 aromatic rings. The summed E-state index contributed by atoms with van der Waals surface area (Å²) >= 11 is 0. The number of allylic oxidation sites excluding steroid dienone is 4. The lowest BCUT2D eigenvalue weighted by Crippen LogP contribution is -2.17. The molecule has 0 heterocycles. The third-order valence-electron chi connectivity index (χ3n) is 4.24. The van der Waals surface area contributed by atoms with Crippen LogP contribution < -0.4 is 0 Å². The van der Waals surface area contributed by atoms with Crippen molar-refractivity contribution in [3.63, 3.8) is 0 Å². The van der Waals surface area contributed by atoms with Gasteiger partial charge in [0.25, 0.3) is 0 Å². The first-order chi connectivity index (χ1) is 8.81. The molecule has 0 rings (SSSR count). The summed E-state index contributed by atoms with van der Waals surface area (Å²) in [5, 5.41) is 0. The van der Waals surface area contributed by atoms with Gasteiger partial charge >= 0.3 is 0 Å². The van der Waals surface area contributed by atoms with Crippen molar-refractivity contribution >= 4 is 0 Å². The standard InChI is InChI=1S/C19H35/c1-9-12-14-19(7,8)18(13-10-2)16(6)17(11-3)15(4)5/h10H,9,11-14H2,1-8H3/q+1/b18-16-. The van der Waals surface area contributed by atoms with Crippen molar-refractivity contribution in [1.29, 1.82) is 0 Å². The molecule has 0 aromatic heterocycles. The van der Waals surface area contributed by atoms with E-state index in [4.69, 9.17) is 0 Å². The molecule has 0 spiro atoms. The maximum Gasteiger partial charge on any atom is 0.109 e. The van der Waals surface area contributed by atoms with Crippen molar-refractivity contribution in [3.05, 3.63) is 28.7 Å². The molecule has 0 atom stereocenters. The van der Waals surface area contributed by atoms with Crippen molar-refractivity contribution in [1.82, 2.24) is 0 Å². The molecular formula is C19H35+. The summed E-state index contributed by atoms with van der Waals surface area (Å²) in [7, 11) is 0. The number of rotatable bonds is 8. The van der Waals surface area contributed by atoms with Gasteiger partial charge in [-0.2, -0.15) is 0 Å². The van der Waals surface area contributed by atoms with Crippen LogP contribution in [0.5, 0.6) is 0 Å². The molecule has 0 aromatic carbocycles. The van der Waals surface area contributed by atoms with E-state index in [0.717, 1.165) is 12.8 Å². The average molecular weight is 263 g/mol. The lowest BCUT2D eigenvalue weighted by atomic mass is 9.74. The number of unbranched alkanes of at least 4 members (excludes halogenated alkanes) is 1. The van der Waals surface area contributed by atoms with Gasteiger partial charge in [-0.3, -0.25) is 0 Å². The smallest absolute Gasteiger partial charge is 0.0730 e. The molecule has 0 saturated heterocycles. The molecule has 0 unspecified atom stereocenters. The molecule has 0 aliphatic carbocycles. The Morgan fingerprint density at radius 1 is 1.05 bits per heavy atom. The molecular weight excluding hydrogens is 228 g/mol. The molecule has 0 amide bonds. The summed E-state index contributed by atoms with van der Waals surface area (Å²) in [6.07, 6.45) is 8.48. The summed E-state index contributed by atoms with van der Waals surface area (Å²) in [6.45, 7) is 18.4. The molecule has 0 N–H and O–H groups in total. The maximum atomic E-state index is 2.42. The highest BCUT2D eigenvalue weighted by molar-refractivity contribution is 5.39. The van der Waals surface area contributed by atoms with E-state index in [0.29, 0.717) is 5.41 Å². The minimum atomic E-state index is 0.322. The van der Waals surface area contributed by atoms with Crippen LogP contribution in [0, 0.1) is 11.8 Å². The van der Waals surface area contributed by atoms with Crippen molar-refractivity contribution in [2.24, 2.45) is 5.41 Å². The van der Waals surface area contributed by atoms with E-state index < -0.39 is 0 Å². The number of hydrogen-bond donors (Lipinski definition) is 0. The van der Waals surface area contributed by atoms with Gasteiger partial charge in [-0.15, -0.1) is 0 Å². The van der Waals surface area contributed by atoms with Gasteiger partial charge < -0.3 is 0 Å². The summed E-state index contributed by atoms with van der Waals surface area (Å²) in [4.78, 5) is 0. The van der Waals surface area contributed by atoms with Crippen LogP contribution in [0.2, 0.25) is 0 Å². The van der Waals surface area contributed by atoms with Crippen molar-refractivity contribution < 1.29 is 0 Å². The van der Waals surface area contributed by atoms with Crippen LogP contribution in [0.1, 0.15) is 87.5 Å². The first kappa shape index (κ1) is 18.4. The summed E-state index contributed by atoms with van der Waals surface area (Å²) in [6, 6.07) is 0. The van der Waals surface area contributed by atoms with Crippen LogP contribution >= 0.6 is 0 Å². The highest BCUT2D eigenvalue weighted by Crippen LogP contribution is 2.39. The second-order valence-corrected chi connectivity index (χ2v) is 6.54. The van der Waals surface area contributed by atoms with Gasteiger partial charge in [-0.05, 0) is 55.7 Å². The second-order valence-electron chi connectivity index (χ2n) is 6.54. The Morgan fingerprint density at radius 3 is 2.00 bits per heavy atom. The Balaban J connectivity index is 5.56. The van der Waals surface area contributed by atoms with E-state index >= 15 is 0 Å². The highest BCUT2D eigenvalue weighted by Gasteiger charge is 2.27. The molecule has 0 nitrogen and oxygen atoms in total. The normalized spacial score (nSPS) is 13.1. The fourth-order valence-electron chi connectivity index (χ4n) is 3.09.